The molecule has 1 atom stereocenters. The predicted octanol–water partition coefficient (Wildman–Crippen LogP) is 1.87. The van der Waals surface area contributed by atoms with E-state index in [1.165, 1.54) is 18.4 Å². The normalized spacial score (nSPS) is 19.6. The third-order valence-electron chi connectivity index (χ3n) is 1.73. The smallest absolute Gasteiger partial charge is 0.112 e. The van der Waals surface area contributed by atoms with Crippen LogP contribution in [-0.2, 0) is 0 Å². The lowest BCUT2D eigenvalue weighted by Gasteiger charge is -2.05. The summed E-state index contributed by atoms with van der Waals surface area (Å²) in [7, 11) is 0. The molecular formula is C10H14O. The van der Waals surface area contributed by atoms with E-state index in [-0.39, 0.29) is 0 Å². The monoisotopic (exact) mass is 150 g/mol. The van der Waals surface area contributed by atoms with Gasteiger partial charge in [-0.15, -0.1) is 0 Å². The largest absolute Gasteiger partial charge is 0.381 e. The van der Waals surface area contributed by atoms with Crippen molar-refractivity contribution in [2.24, 2.45) is 0 Å². The molecule has 60 valence electrons. The molecule has 0 spiro atoms. The van der Waals surface area contributed by atoms with Gasteiger partial charge in [0, 0.05) is 0 Å². The van der Waals surface area contributed by atoms with Gasteiger partial charge in [-0.2, -0.15) is 0 Å². The molecule has 11 heavy (non-hydrogen) atoms. The van der Waals surface area contributed by atoms with Crippen molar-refractivity contribution in [1.29, 1.82) is 0 Å². The molecule has 1 aliphatic carbocycles. The fourth-order valence-electron chi connectivity index (χ4n) is 1.15. The van der Waals surface area contributed by atoms with Crippen LogP contribution in [0.25, 0.3) is 0 Å². The molecule has 0 saturated carbocycles. The minimum Gasteiger partial charge on any atom is -0.381 e. The second-order valence-corrected chi connectivity index (χ2v) is 2.92. The first-order valence-corrected chi connectivity index (χ1v) is 4.17. The van der Waals surface area contributed by atoms with Crippen LogP contribution in [0.2, 0.25) is 0 Å². The third-order valence-corrected chi connectivity index (χ3v) is 1.73. The van der Waals surface area contributed by atoms with Gasteiger partial charge in [-0.1, -0.05) is 17.9 Å². The fourth-order valence-corrected chi connectivity index (χ4v) is 1.15. The first-order chi connectivity index (χ1) is 5.29. The number of hydrogen-bond donors (Lipinski definition) is 1. The first kappa shape index (κ1) is 8.36. The van der Waals surface area contributed by atoms with Crippen LogP contribution in [-0.4, -0.2) is 11.2 Å². The molecule has 0 aromatic heterocycles. The summed E-state index contributed by atoms with van der Waals surface area (Å²) in [5.41, 5.74) is 1.21. The van der Waals surface area contributed by atoms with Gasteiger partial charge in [-0.3, -0.25) is 0 Å². The predicted molar refractivity (Wildman–Crippen MR) is 46.0 cm³/mol. The summed E-state index contributed by atoms with van der Waals surface area (Å²) in [6.45, 7) is 1.69. The van der Waals surface area contributed by atoms with E-state index in [1.807, 2.05) is 0 Å². The molecule has 0 radical (unpaired) electrons. The van der Waals surface area contributed by atoms with Gasteiger partial charge < -0.3 is 5.11 Å². The van der Waals surface area contributed by atoms with Crippen molar-refractivity contribution in [2.75, 3.05) is 0 Å². The Balaban J connectivity index is 2.49. The van der Waals surface area contributed by atoms with Crippen LogP contribution in [0.15, 0.2) is 11.6 Å². The number of aliphatic hydroxyl groups is 1. The van der Waals surface area contributed by atoms with Crippen LogP contribution < -0.4 is 0 Å². The maximum atomic E-state index is 8.88. The summed E-state index contributed by atoms with van der Waals surface area (Å²) in [4.78, 5) is 0. The Hall–Kier alpha value is -0.740. The van der Waals surface area contributed by atoms with Gasteiger partial charge in [-0.25, -0.2) is 0 Å². The van der Waals surface area contributed by atoms with Gasteiger partial charge in [0.05, 0.1) is 0 Å². The molecule has 0 aromatic carbocycles. The zero-order chi connectivity index (χ0) is 8.10. The average Bonchev–Trinajstić information content (AvgIpc) is 2.03. The van der Waals surface area contributed by atoms with Gasteiger partial charge in [-0.05, 0) is 38.2 Å². The van der Waals surface area contributed by atoms with Gasteiger partial charge in [0.25, 0.3) is 0 Å². The molecule has 0 aliphatic heterocycles. The zero-order valence-corrected chi connectivity index (χ0v) is 6.93. The lowest BCUT2D eigenvalue weighted by molar-refractivity contribution is 0.253. The molecule has 1 unspecified atom stereocenters. The second-order valence-electron chi connectivity index (χ2n) is 2.92. The van der Waals surface area contributed by atoms with E-state index >= 15 is 0 Å². The Labute approximate surface area is 68.1 Å². The molecule has 0 saturated heterocycles. The van der Waals surface area contributed by atoms with Crippen molar-refractivity contribution < 1.29 is 5.11 Å². The summed E-state index contributed by atoms with van der Waals surface area (Å²) in [5, 5.41) is 8.88. The van der Waals surface area contributed by atoms with E-state index in [9.17, 15) is 0 Å². The van der Waals surface area contributed by atoms with Crippen LogP contribution >= 0.6 is 0 Å². The average molecular weight is 150 g/mol. The number of aliphatic hydroxyl groups excluding tert-OH is 1. The summed E-state index contributed by atoms with van der Waals surface area (Å²) < 4.78 is 0. The Morgan fingerprint density at radius 1 is 1.55 bits per heavy atom. The quantitative estimate of drug-likeness (QED) is 0.523. The standard InChI is InChI=1S/C10H14O/c1-9(11)7-8-10-5-3-2-4-6-10/h5,9,11H,2-4,6H2,1H3. The Bertz CT molecular complexity index is 203. The van der Waals surface area contributed by atoms with E-state index in [1.54, 1.807) is 6.92 Å². The summed E-state index contributed by atoms with van der Waals surface area (Å²) >= 11 is 0. The molecule has 0 aromatic rings. The number of rotatable bonds is 0. The maximum Gasteiger partial charge on any atom is 0.112 e. The van der Waals surface area contributed by atoms with Crippen LogP contribution in [0.3, 0.4) is 0 Å². The molecule has 0 fully saturated rings. The van der Waals surface area contributed by atoms with Crippen molar-refractivity contribution in [1.82, 2.24) is 0 Å². The van der Waals surface area contributed by atoms with E-state index in [4.69, 9.17) is 5.11 Å². The molecule has 0 heterocycles. The van der Waals surface area contributed by atoms with E-state index in [0.717, 1.165) is 12.8 Å². The van der Waals surface area contributed by atoms with Crippen LogP contribution in [0.1, 0.15) is 32.6 Å². The minimum absolute atomic E-state index is 0.488. The lowest BCUT2D eigenvalue weighted by Crippen LogP contribution is -1.94. The summed E-state index contributed by atoms with van der Waals surface area (Å²) in [6, 6.07) is 0. The van der Waals surface area contributed by atoms with Gasteiger partial charge in [0.2, 0.25) is 0 Å². The highest BCUT2D eigenvalue weighted by Crippen LogP contribution is 2.15. The molecular weight excluding hydrogens is 136 g/mol. The Kier molecular flexibility index (Phi) is 3.19. The second kappa shape index (κ2) is 4.20. The third kappa shape index (κ3) is 3.25. The minimum atomic E-state index is -0.488. The van der Waals surface area contributed by atoms with Crippen molar-refractivity contribution in [3.8, 4) is 11.8 Å². The highest BCUT2D eigenvalue weighted by molar-refractivity contribution is 5.30. The Morgan fingerprint density at radius 2 is 2.36 bits per heavy atom. The van der Waals surface area contributed by atoms with Crippen LogP contribution in [0.4, 0.5) is 0 Å². The van der Waals surface area contributed by atoms with Gasteiger partial charge >= 0.3 is 0 Å². The molecule has 1 rings (SSSR count). The molecule has 1 heteroatoms. The van der Waals surface area contributed by atoms with Gasteiger partial charge in [0.1, 0.15) is 6.10 Å². The van der Waals surface area contributed by atoms with Crippen LogP contribution in [0, 0.1) is 11.8 Å². The van der Waals surface area contributed by atoms with Crippen molar-refractivity contribution in [3.05, 3.63) is 11.6 Å². The van der Waals surface area contributed by atoms with Crippen LogP contribution in [0.5, 0.6) is 0 Å². The first-order valence-electron chi connectivity index (χ1n) is 4.17. The maximum absolute atomic E-state index is 8.88. The van der Waals surface area contributed by atoms with E-state index in [2.05, 4.69) is 17.9 Å². The van der Waals surface area contributed by atoms with Crippen molar-refractivity contribution in [3.63, 3.8) is 0 Å². The van der Waals surface area contributed by atoms with Gasteiger partial charge in [0.15, 0.2) is 0 Å². The lowest BCUT2D eigenvalue weighted by atomic mass is 10.00. The van der Waals surface area contributed by atoms with E-state index in [0.29, 0.717) is 0 Å². The molecule has 0 amide bonds. The fraction of sp³-hybridized carbons (Fsp3) is 0.600. The molecule has 0 bridgehead atoms. The summed E-state index contributed by atoms with van der Waals surface area (Å²) in [6.07, 6.45) is 6.49. The highest BCUT2D eigenvalue weighted by atomic mass is 16.3. The molecule has 1 aliphatic rings. The molecule has 1 nitrogen and oxygen atoms in total. The Morgan fingerprint density at radius 3 is 2.91 bits per heavy atom. The molecule has 1 N–H and O–H groups in total. The SMILES string of the molecule is CC(O)C#CC1=CCCCC1. The number of hydrogen-bond acceptors (Lipinski definition) is 1. The zero-order valence-electron chi connectivity index (χ0n) is 6.93. The highest BCUT2D eigenvalue weighted by Gasteiger charge is 1.99. The number of allylic oxidation sites excluding steroid dienone is 2. The topological polar surface area (TPSA) is 20.2 Å². The van der Waals surface area contributed by atoms with Crippen molar-refractivity contribution >= 4 is 0 Å². The summed E-state index contributed by atoms with van der Waals surface area (Å²) in [5.74, 6) is 5.73. The van der Waals surface area contributed by atoms with E-state index < -0.39 is 6.10 Å². The van der Waals surface area contributed by atoms with Crippen molar-refractivity contribution in [2.45, 2.75) is 38.7 Å².